The van der Waals surface area contributed by atoms with E-state index in [-0.39, 0.29) is 0 Å². The van der Waals surface area contributed by atoms with Crippen LogP contribution in [0, 0.1) is 0 Å². The zero-order chi connectivity index (χ0) is 6.74. The van der Waals surface area contributed by atoms with Gasteiger partial charge in [-0.1, -0.05) is 6.92 Å². The Morgan fingerprint density at radius 2 is 1.89 bits per heavy atom. The van der Waals surface area contributed by atoms with E-state index in [9.17, 15) is 0 Å². The smallest absolute Gasteiger partial charge is 0.0841 e. The van der Waals surface area contributed by atoms with Crippen molar-refractivity contribution in [3.05, 3.63) is 0 Å². The third-order valence-corrected chi connectivity index (χ3v) is 2.63. The van der Waals surface area contributed by atoms with E-state index < -0.39 is 0 Å². The molecule has 0 aromatic carbocycles. The van der Waals surface area contributed by atoms with Crippen molar-refractivity contribution >= 4 is 0 Å². The molecule has 1 aliphatic heterocycles. The molecule has 0 atom stereocenters. The van der Waals surface area contributed by atoms with E-state index in [4.69, 9.17) is 0 Å². The van der Waals surface area contributed by atoms with Crippen LogP contribution in [0.5, 0.6) is 0 Å². The maximum atomic E-state index is 2.31. The zero-order valence-electron chi connectivity index (χ0n) is 6.69. The molecule has 1 aliphatic rings. The Hall–Kier alpha value is -0.0400. The molecule has 0 radical (unpaired) electrons. The summed E-state index contributed by atoms with van der Waals surface area (Å²) >= 11 is 0. The van der Waals surface area contributed by atoms with Crippen LogP contribution in [-0.4, -0.2) is 30.7 Å². The molecular formula is C8H18N+. The summed E-state index contributed by atoms with van der Waals surface area (Å²) in [6.07, 6.45) is 2.82. The van der Waals surface area contributed by atoms with Gasteiger partial charge in [0.2, 0.25) is 0 Å². The Balaban J connectivity index is 2.28. The van der Waals surface area contributed by atoms with E-state index in [0.29, 0.717) is 0 Å². The van der Waals surface area contributed by atoms with Crippen molar-refractivity contribution < 1.29 is 4.48 Å². The predicted molar refractivity (Wildman–Crippen MR) is 40.3 cm³/mol. The first-order valence-electron chi connectivity index (χ1n) is 4.18. The lowest BCUT2D eigenvalue weighted by molar-refractivity contribution is -0.962. The molecule has 0 aromatic heterocycles. The van der Waals surface area contributed by atoms with Crippen molar-refractivity contribution in [3.8, 4) is 0 Å². The largest absolute Gasteiger partial charge is 0.323 e. The molecular weight excluding hydrogens is 110 g/mol. The van der Waals surface area contributed by atoms with Crippen molar-refractivity contribution in [1.82, 2.24) is 0 Å². The van der Waals surface area contributed by atoms with Crippen molar-refractivity contribution in [1.29, 1.82) is 0 Å². The van der Waals surface area contributed by atoms with Crippen molar-refractivity contribution in [2.75, 3.05) is 26.2 Å². The molecule has 0 aromatic rings. The number of rotatable bonds is 3. The first kappa shape index (κ1) is 7.07. The molecule has 9 heavy (non-hydrogen) atoms. The Morgan fingerprint density at radius 1 is 1.22 bits per heavy atom. The number of hydrogen-bond donors (Lipinski definition) is 0. The fraction of sp³-hybridized carbons (Fsp3) is 1.00. The average Bonchev–Trinajstić information content (AvgIpc) is 1.79. The first-order valence-corrected chi connectivity index (χ1v) is 4.18. The second-order valence-electron chi connectivity index (χ2n) is 3.18. The maximum Gasteiger partial charge on any atom is 0.0841 e. The van der Waals surface area contributed by atoms with Crippen LogP contribution in [0.2, 0.25) is 0 Å². The van der Waals surface area contributed by atoms with Crippen LogP contribution in [-0.2, 0) is 0 Å². The third kappa shape index (κ3) is 1.26. The number of likely N-dealkylation sites (tertiary alicyclic amines) is 1. The molecule has 0 amide bonds. The summed E-state index contributed by atoms with van der Waals surface area (Å²) in [5.74, 6) is 0. The minimum absolute atomic E-state index is 1.36. The van der Waals surface area contributed by atoms with Crippen LogP contribution >= 0.6 is 0 Å². The molecule has 0 aliphatic carbocycles. The van der Waals surface area contributed by atoms with Gasteiger partial charge in [-0.05, 0) is 13.3 Å². The van der Waals surface area contributed by atoms with E-state index in [0.717, 1.165) is 0 Å². The van der Waals surface area contributed by atoms with Gasteiger partial charge < -0.3 is 4.48 Å². The molecule has 0 unspecified atom stereocenters. The van der Waals surface area contributed by atoms with E-state index in [2.05, 4.69) is 13.8 Å². The van der Waals surface area contributed by atoms with Gasteiger partial charge in [-0.2, -0.15) is 0 Å². The van der Waals surface area contributed by atoms with Gasteiger partial charge in [-0.25, -0.2) is 0 Å². The second-order valence-corrected chi connectivity index (χ2v) is 3.18. The van der Waals surface area contributed by atoms with Crippen molar-refractivity contribution in [2.45, 2.75) is 26.7 Å². The molecule has 1 heteroatoms. The highest BCUT2D eigenvalue weighted by molar-refractivity contribution is 4.53. The average molecular weight is 128 g/mol. The summed E-state index contributed by atoms with van der Waals surface area (Å²) < 4.78 is 1.41. The lowest BCUT2D eigenvalue weighted by Crippen LogP contribution is -2.57. The summed E-state index contributed by atoms with van der Waals surface area (Å²) in [6.45, 7) is 10.3. The number of hydrogen-bond acceptors (Lipinski definition) is 0. The van der Waals surface area contributed by atoms with Crippen molar-refractivity contribution in [2.24, 2.45) is 0 Å². The van der Waals surface area contributed by atoms with Gasteiger partial charge in [-0.3, -0.25) is 0 Å². The fourth-order valence-corrected chi connectivity index (χ4v) is 1.78. The van der Waals surface area contributed by atoms with Gasteiger partial charge in [-0.15, -0.1) is 0 Å². The van der Waals surface area contributed by atoms with Crippen LogP contribution < -0.4 is 0 Å². The van der Waals surface area contributed by atoms with Gasteiger partial charge in [0, 0.05) is 6.42 Å². The summed E-state index contributed by atoms with van der Waals surface area (Å²) in [4.78, 5) is 0. The highest BCUT2D eigenvalue weighted by atomic mass is 15.4. The summed E-state index contributed by atoms with van der Waals surface area (Å²) in [7, 11) is 0. The minimum atomic E-state index is 1.36. The molecule has 0 spiro atoms. The number of nitrogens with zero attached hydrogens (tertiary/aromatic N) is 1. The van der Waals surface area contributed by atoms with Gasteiger partial charge in [0.25, 0.3) is 0 Å². The highest BCUT2D eigenvalue weighted by Crippen LogP contribution is 2.19. The summed E-state index contributed by atoms with van der Waals surface area (Å²) in [5, 5.41) is 0. The molecule has 0 N–H and O–H groups in total. The van der Waals surface area contributed by atoms with Gasteiger partial charge in [0.05, 0.1) is 26.2 Å². The van der Waals surface area contributed by atoms with Crippen LogP contribution in [0.3, 0.4) is 0 Å². The van der Waals surface area contributed by atoms with E-state index in [1.165, 1.54) is 43.5 Å². The van der Waals surface area contributed by atoms with E-state index in [1.807, 2.05) is 0 Å². The monoisotopic (exact) mass is 128 g/mol. The molecule has 1 rings (SSSR count). The molecule has 1 fully saturated rings. The summed E-state index contributed by atoms with van der Waals surface area (Å²) in [5.41, 5.74) is 0. The molecule has 0 bridgehead atoms. The highest BCUT2D eigenvalue weighted by Gasteiger charge is 2.31. The van der Waals surface area contributed by atoms with Crippen molar-refractivity contribution in [3.63, 3.8) is 0 Å². The second kappa shape index (κ2) is 2.70. The van der Waals surface area contributed by atoms with E-state index >= 15 is 0 Å². The zero-order valence-corrected chi connectivity index (χ0v) is 6.69. The molecule has 54 valence electrons. The third-order valence-electron chi connectivity index (χ3n) is 2.63. The molecule has 0 saturated carbocycles. The lowest BCUT2D eigenvalue weighted by Gasteiger charge is -2.45. The van der Waals surface area contributed by atoms with Gasteiger partial charge in [0.15, 0.2) is 0 Å². The molecule has 1 nitrogen and oxygen atoms in total. The van der Waals surface area contributed by atoms with Gasteiger partial charge >= 0.3 is 0 Å². The van der Waals surface area contributed by atoms with Crippen LogP contribution in [0.1, 0.15) is 26.7 Å². The fourth-order valence-electron chi connectivity index (χ4n) is 1.78. The quantitative estimate of drug-likeness (QED) is 0.507. The maximum absolute atomic E-state index is 2.31. The Kier molecular flexibility index (Phi) is 2.12. The predicted octanol–water partition coefficient (Wildman–Crippen LogP) is 1.64. The minimum Gasteiger partial charge on any atom is -0.323 e. The topological polar surface area (TPSA) is 0 Å². The summed E-state index contributed by atoms with van der Waals surface area (Å²) in [6, 6.07) is 0. The van der Waals surface area contributed by atoms with Crippen LogP contribution in [0.15, 0.2) is 0 Å². The lowest BCUT2D eigenvalue weighted by atomic mass is 10.1. The number of quaternary nitrogens is 1. The van der Waals surface area contributed by atoms with Gasteiger partial charge in [0.1, 0.15) is 0 Å². The van der Waals surface area contributed by atoms with Crippen LogP contribution in [0.25, 0.3) is 0 Å². The standard InChI is InChI=1S/C8H18N/c1-3-6-9(4-2)7-5-8-9/h3-8H2,1-2H3/q+1. The SMILES string of the molecule is CCC[N+]1(CC)CCC1. The molecule has 1 heterocycles. The Morgan fingerprint density at radius 3 is 2.00 bits per heavy atom. The Labute approximate surface area is 58.3 Å². The Bertz CT molecular complexity index is 79.1. The van der Waals surface area contributed by atoms with Crippen LogP contribution in [0.4, 0.5) is 0 Å². The molecule has 1 saturated heterocycles. The first-order chi connectivity index (χ1) is 4.33. The van der Waals surface area contributed by atoms with E-state index in [1.54, 1.807) is 0 Å². The normalized spacial score (nSPS) is 23.3.